The van der Waals surface area contributed by atoms with Crippen LogP contribution in [-0.2, 0) is 21.9 Å². The zero-order chi connectivity index (χ0) is 22.9. The molecule has 0 aliphatic heterocycles. The van der Waals surface area contributed by atoms with Crippen LogP contribution >= 0.6 is 11.8 Å². The Morgan fingerprint density at radius 1 is 1.12 bits per heavy atom. The van der Waals surface area contributed by atoms with Crippen molar-refractivity contribution >= 4 is 23.6 Å². The number of halogens is 1. The van der Waals surface area contributed by atoms with E-state index in [-0.39, 0.29) is 29.4 Å². The quantitative estimate of drug-likeness (QED) is 0.532. The number of aryl methyl sites for hydroxylation is 1. The summed E-state index contributed by atoms with van der Waals surface area (Å²) in [6, 6.07) is 14.1. The van der Waals surface area contributed by atoms with E-state index in [1.54, 1.807) is 17.0 Å². The second-order valence-corrected chi connectivity index (χ2v) is 9.47. The van der Waals surface area contributed by atoms with Gasteiger partial charge in [0.2, 0.25) is 11.8 Å². The molecule has 0 aromatic heterocycles. The minimum atomic E-state index is -0.492. The summed E-state index contributed by atoms with van der Waals surface area (Å²) in [7, 11) is 0. The predicted octanol–water partition coefficient (Wildman–Crippen LogP) is 5.23. The van der Waals surface area contributed by atoms with Gasteiger partial charge in [-0.05, 0) is 55.0 Å². The third-order valence-electron chi connectivity index (χ3n) is 6.10. The Morgan fingerprint density at radius 2 is 1.81 bits per heavy atom. The lowest BCUT2D eigenvalue weighted by Crippen LogP contribution is -2.51. The van der Waals surface area contributed by atoms with Gasteiger partial charge in [-0.3, -0.25) is 9.59 Å². The van der Waals surface area contributed by atoms with Crippen molar-refractivity contribution < 1.29 is 14.0 Å². The molecule has 1 N–H and O–H groups in total. The lowest BCUT2D eigenvalue weighted by Gasteiger charge is -2.32. The molecule has 1 aliphatic rings. The molecule has 172 valence electrons. The number of nitrogens with zero attached hydrogens (tertiary/aromatic N) is 1. The highest BCUT2D eigenvalue weighted by molar-refractivity contribution is 7.99. The number of amides is 2. The van der Waals surface area contributed by atoms with Gasteiger partial charge in [0.05, 0.1) is 5.75 Å². The maximum atomic E-state index is 13.3. The Hall–Kier alpha value is -2.34. The lowest BCUT2D eigenvalue weighted by atomic mass is 10.1. The molecule has 4 nitrogen and oxygen atoms in total. The number of thioether (sulfide) groups is 1. The fraction of sp³-hybridized carbons (Fsp3) is 0.462. The van der Waals surface area contributed by atoms with Crippen LogP contribution in [0.2, 0.25) is 0 Å². The highest BCUT2D eigenvalue weighted by Gasteiger charge is 2.30. The summed E-state index contributed by atoms with van der Waals surface area (Å²) in [5.41, 5.74) is 3.13. The van der Waals surface area contributed by atoms with Crippen LogP contribution in [-0.4, -0.2) is 34.6 Å². The van der Waals surface area contributed by atoms with E-state index in [4.69, 9.17) is 0 Å². The minimum absolute atomic E-state index is 0.0474. The monoisotopic (exact) mass is 456 g/mol. The van der Waals surface area contributed by atoms with E-state index >= 15 is 0 Å². The van der Waals surface area contributed by atoms with Gasteiger partial charge < -0.3 is 10.2 Å². The largest absolute Gasteiger partial charge is 0.352 e. The third kappa shape index (κ3) is 6.83. The van der Waals surface area contributed by atoms with Crippen molar-refractivity contribution in [2.24, 2.45) is 0 Å². The first kappa shape index (κ1) is 24.3. The van der Waals surface area contributed by atoms with Crippen LogP contribution in [0.5, 0.6) is 0 Å². The van der Waals surface area contributed by atoms with E-state index in [0.29, 0.717) is 18.7 Å². The summed E-state index contributed by atoms with van der Waals surface area (Å²) in [4.78, 5) is 28.2. The van der Waals surface area contributed by atoms with Crippen molar-refractivity contribution in [3.63, 3.8) is 0 Å². The van der Waals surface area contributed by atoms with Crippen molar-refractivity contribution in [1.82, 2.24) is 10.2 Å². The fourth-order valence-electron chi connectivity index (χ4n) is 4.18. The van der Waals surface area contributed by atoms with Gasteiger partial charge in [0, 0.05) is 18.3 Å². The molecule has 1 unspecified atom stereocenters. The molecule has 2 amide bonds. The van der Waals surface area contributed by atoms with Crippen molar-refractivity contribution in [2.75, 3.05) is 5.75 Å². The molecule has 0 heterocycles. The van der Waals surface area contributed by atoms with Crippen molar-refractivity contribution in [3.8, 4) is 0 Å². The Kier molecular flexibility index (Phi) is 9.15. The molecule has 1 atom stereocenters. The van der Waals surface area contributed by atoms with Crippen LogP contribution in [0.25, 0.3) is 0 Å². The van der Waals surface area contributed by atoms with E-state index in [2.05, 4.69) is 5.32 Å². The summed E-state index contributed by atoms with van der Waals surface area (Å²) in [6.45, 7) is 4.41. The maximum absolute atomic E-state index is 13.3. The van der Waals surface area contributed by atoms with Gasteiger partial charge in [0.25, 0.3) is 0 Å². The van der Waals surface area contributed by atoms with Gasteiger partial charge in [-0.25, -0.2) is 4.39 Å². The number of rotatable bonds is 10. The molecular weight excluding hydrogens is 423 g/mol. The Morgan fingerprint density at radius 3 is 2.47 bits per heavy atom. The fourth-order valence-corrected chi connectivity index (χ4v) is 5.05. The van der Waals surface area contributed by atoms with E-state index in [0.717, 1.165) is 42.4 Å². The second-order valence-electron chi connectivity index (χ2n) is 8.48. The normalized spacial score (nSPS) is 14.8. The lowest BCUT2D eigenvalue weighted by molar-refractivity contribution is -0.139. The highest BCUT2D eigenvalue weighted by Crippen LogP contribution is 2.21. The average molecular weight is 457 g/mol. The molecule has 1 saturated carbocycles. The molecule has 3 rings (SSSR count). The van der Waals surface area contributed by atoms with Crippen LogP contribution < -0.4 is 5.32 Å². The van der Waals surface area contributed by atoms with Crippen molar-refractivity contribution in [1.29, 1.82) is 0 Å². The molecule has 2 aromatic carbocycles. The smallest absolute Gasteiger partial charge is 0.243 e. The molecule has 0 spiro atoms. The Bertz CT molecular complexity index is 897. The number of nitrogens with one attached hydrogen (secondary N) is 1. The number of hydrogen-bond donors (Lipinski definition) is 1. The summed E-state index contributed by atoms with van der Waals surface area (Å²) in [5, 5.41) is 3.18. The first-order chi connectivity index (χ1) is 15.5. The first-order valence-corrected chi connectivity index (χ1v) is 12.6. The molecule has 1 aliphatic carbocycles. The van der Waals surface area contributed by atoms with E-state index in [1.807, 2.05) is 38.1 Å². The Labute approximate surface area is 195 Å². The average Bonchev–Trinajstić information content (AvgIpc) is 3.29. The van der Waals surface area contributed by atoms with Crippen LogP contribution in [0.4, 0.5) is 4.39 Å². The second kappa shape index (κ2) is 12.0. The number of benzene rings is 2. The van der Waals surface area contributed by atoms with Gasteiger partial charge in [-0.1, -0.05) is 56.2 Å². The molecule has 0 saturated heterocycles. The number of hydrogen-bond acceptors (Lipinski definition) is 3. The predicted molar refractivity (Wildman–Crippen MR) is 129 cm³/mol. The van der Waals surface area contributed by atoms with Crippen LogP contribution in [0.15, 0.2) is 48.5 Å². The molecule has 2 aromatic rings. The van der Waals surface area contributed by atoms with Gasteiger partial charge in [0.1, 0.15) is 11.9 Å². The number of carbonyl (C=O) groups is 2. The summed E-state index contributed by atoms with van der Waals surface area (Å²) >= 11 is 1.49. The highest BCUT2D eigenvalue weighted by atomic mass is 32.2. The summed E-state index contributed by atoms with van der Waals surface area (Å²) < 4.78 is 13.1. The van der Waals surface area contributed by atoms with Crippen LogP contribution in [0, 0.1) is 12.7 Å². The van der Waals surface area contributed by atoms with Gasteiger partial charge in [0.15, 0.2) is 0 Å². The van der Waals surface area contributed by atoms with Crippen LogP contribution in [0.3, 0.4) is 0 Å². The summed E-state index contributed by atoms with van der Waals surface area (Å²) in [6.07, 6.45) is 4.89. The zero-order valence-corrected chi connectivity index (χ0v) is 19.8. The molecule has 0 bridgehead atoms. The Balaban J connectivity index is 1.70. The standard InChI is InChI=1S/C26H33FN2O2S/c1-3-24(26(31)28-23-10-6-7-11-23)29(16-21-9-5-4-8-19(21)2)25(30)18-32-17-20-12-14-22(27)15-13-20/h4-5,8-9,12-15,23-24H,3,6-7,10-11,16-18H2,1-2H3,(H,28,31). The van der Waals surface area contributed by atoms with E-state index in [9.17, 15) is 14.0 Å². The maximum Gasteiger partial charge on any atom is 0.243 e. The molecule has 6 heteroatoms. The van der Waals surface area contributed by atoms with E-state index < -0.39 is 6.04 Å². The topological polar surface area (TPSA) is 49.4 Å². The molecular formula is C26H33FN2O2S. The summed E-state index contributed by atoms with van der Waals surface area (Å²) in [5.74, 6) is 0.531. The van der Waals surface area contributed by atoms with Crippen molar-refractivity contribution in [3.05, 3.63) is 71.0 Å². The molecule has 32 heavy (non-hydrogen) atoms. The first-order valence-electron chi connectivity index (χ1n) is 11.4. The third-order valence-corrected chi connectivity index (χ3v) is 7.09. The molecule has 1 fully saturated rings. The van der Waals surface area contributed by atoms with Gasteiger partial charge >= 0.3 is 0 Å². The van der Waals surface area contributed by atoms with Crippen LogP contribution in [0.1, 0.15) is 55.7 Å². The number of carbonyl (C=O) groups excluding carboxylic acids is 2. The van der Waals surface area contributed by atoms with Gasteiger partial charge in [-0.2, -0.15) is 0 Å². The zero-order valence-electron chi connectivity index (χ0n) is 19.0. The SMILES string of the molecule is CCC(C(=O)NC1CCCC1)N(Cc1ccccc1C)C(=O)CSCc1ccc(F)cc1. The molecule has 0 radical (unpaired) electrons. The van der Waals surface area contributed by atoms with E-state index in [1.165, 1.54) is 23.9 Å². The van der Waals surface area contributed by atoms with Gasteiger partial charge in [-0.15, -0.1) is 11.8 Å². The van der Waals surface area contributed by atoms with Crippen molar-refractivity contribution in [2.45, 2.75) is 70.3 Å². The minimum Gasteiger partial charge on any atom is -0.352 e.